The molecule has 0 bridgehead atoms. The molecule has 0 unspecified atom stereocenters. The molecule has 2 aromatic carbocycles. The van der Waals surface area contributed by atoms with E-state index in [2.05, 4.69) is 10.5 Å². The molecule has 0 aliphatic heterocycles. The maximum atomic E-state index is 11.9. The van der Waals surface area contributed by atoms with Gasteiger partial charge < -0.3 is 10.3 Å². The number of halogens is 1. The van der Waals surface area contributed by atoms with Crippen LogP contribution < -0.4 is 11.2 Å². The van der Waals surface area contributed by atoms with Gasteiger partial charge in [-0.25, -0.2) is 5.43 Å². The molecule has 138 valence electrons. The molecule has 1 heterocycles. The number of fused-ring (bicyclic) bond motifs is 1. The van der Waals surface area contributed by atoms with Gasteiger partial charge in [0, 0.05) is 32.6 Å². The first-order chi connectivity index (χ1) is 13.0. The van der Waals surface area contributed by atoms with Crippen LogP contribution in [0.15, 0.2) is 64.7 Å². The minimum Gasteiger partial charge on any atom is -0.368 e. The molecule has 3 rings (SSSR count). The molecule has 0 radical (unpaired) electrons. The lowest BCUT2D eigenvalue weighted by atomic mass is 10.2. The van der Waals surface area contributed by atoms with E-state index in [-0.39, 0.29) is 18.2 Å². The van der Waals surface area contributed by atoms with Gasteiger partial charge in [-0.3, -0.25) is 9.59 Å². The van der Waals surface area contributed by atoms with Crippen LogP contribution in [0.25, 0.3) is 10.9 Å². The third-order valence-electron chi connectivity index (χ3n) is 3.72. The summed E-state index contributed by atoms with van der Waals surface area (Å²) in [6.07, 6.45) is 3.35. The van der Waals surface area contributed by atoms with Crippen LogP contribution in [0.2, 0.25) is 5.02 Å². The van der Waals surface area contributed by atoms with Crippen LogP contribution in [-0.2, 0) is 16.1 Å². The molecule has 27 heavy (non-hydrogen) atoms. The van der Waals surface area contributed by atoms with Gasteiger partial charge >= 0.3 is 0 Å². The number of benzene rings is 2. The minimum atomic E-state index is -0.424. The molecular formula is C19H17ClN4O2S. The second kappa shape index (κ2) is 8.75. The number of nitrogens with two attached hydrogens (primary N) is 1. The zero-order valence-corrected chi connectivity index (χ0v) is 15.8. The van der Waals surface area contributed by atoms with Crippen molar-refractivity contribution in [3.8, 4) is 0 Å². The van der Waals surface area contributed by atoms with Crippen molar-refractivity contribution in [3.05, 3.63) is 65.3 Å². The smallest absolute Gasteiger partial charge is 0.250 e. The summed E-state index contributed by atoms with van der Waals surface area (Å²) in [6, 6.07) is 14.9. The molecular weight excluding hydrogens is 384 g/mol. The van der Waals surface area contributed by atoms with Crippen LogP contribution in [0.5, 0.6) is 0 Å². The monoisotopic (exact) mass is 400 g/mol. The summed E-state index contributed by atoms with van der Waals surface area (Å²) in [5, 5.41) is 5.60. The molecule has 0 fully saturated rings. The second-order valence-electron chi connectivity index (χ2n) is 5.73. The third kappa shape index (κ3) is 5.12. The van der Waals surface area contributed by atoms with E-state index in [9.17, 15) is 9.59 Å². The highest BCUT2D eigenvalue weighted by atomic mass is 35.5. The summed E-state index contributed by atoms with van der Waals surface area (Å²) in [6.45, 7) is 0.0818. The van der Waals surface area contributed by atoms with E-state index >= 15 is 0 Å². The standard InChI is InChI=1S/C19H17ClN4O2S/c20-14-5-7-15(8-6-14)27-12-19(26)23-22-9-13-10-24(11-18(21)25)17-4-2-1-3-16(13)17/h1-10H,11-12H2,(H2,21,25)(H,23,26). The van der Waals surface area contributed by atoms with Gasteiger partial charge in [-0.2, -0.15) is 5.10 Å². The van der Waals surface area contributed by atoms with Crippen LogP contribution in [0.1, 0.15) is 5.56 Å². The second-order valence-corrected chi connectivity index (χ2v) is 7.22. The fraction of sp³-hybridized carbons (Fsp3) is 0.105. The summed E-state index contributed by atoms with van der Waals surface area (Å²) < 4.78 is 1.76. The Labute approximate surface area is 165 Å². The number of hydrogen-bond donors (Lipinski definition) is 2. The van der Waals surface area contributed by atoms with Crippen molar-refractivity contribution in [2.24, 2.45) is 10.8 Å². The maximum Gasteiger partial charge on any atom is 0.250 e. The number of carbonyl (C=O) groups is 2. The summed E-state index contributed by atoms with van der Waals surface area (Å²) in [5.74, 6) is -0.401. The summed E-state index contributed by atoms with van der Waals surface area (Å²) in [7, 11) is 0. The molecule has 0 aliphatic rings. The van der Waals surface area contributed by atoms with Crippen molar-refractivity contribution in [1.29, 1.82) is 0 Å². The highest BCUT2D eigenvalue weighted by Gasteiger charge is 2.08. The number of nitrogens with one attached hydrogen (secondary N) is 1. The van der Waals surface area contributed by atoms with Crippen LogP contribution in [0.4, 0.5) is 0 Å². The molecule has 8 heteroatoms. The highest BCUT2D eigenvalue weighted by molar-refractivity contribution is 8.00. The van der Waals surface area contributed by atoms with Gasteiger partial charge in [0.05, 0.1) is 12.0 Å². The van der Waals surface area contributed by atoms with Crippen molar-refractivity contribution >= 4 is 52.3 Å². The average molecular weight is 401 g/mol. The number of carbonyl (C=O) groups excluding carboxylic acids is 2. The number of para-hydroxylation sites is 1. The van der Waals surface area contributed by atoms with Gasteiger partial charge in [0.15, 0.2) is 0 Å². The lowest BCUT2D eigenvalue weighted by Gasteiger charge is -2.01. The largest absolute Gasteiger partial charge is 0.368 e. The Hall–Kier alpha value is -2.77. The fourth-order valence-electron chi connectivity index (χ4n) is 2.56. The number of primary amides is 1. The molecule has 6 nitrogen and oxygen atoms in total. The first-order valence-electron chi connectivity index (χ1n) is 8.09. The lowest BCUT2D eigenvalue weighted by Crippen LogP contribution is -2.19. The van der Waals surface area contributed by atoms with E-state index in [0.29, 0.717) is 5.02 Å². The number of hydrazone groups is 1. The Balaban J connectivity index is 1.63. The number of rotatable bonds is 7. The summed E-state index contributed by atoms with van der Waals surface area (Å²) in [5.41, 5.74) is 9.47. The topological polar surface area (TPSA) is 89.5 Å². The van der Waals surface area contributed by atoms with E-state index < -0.39 is 5.91 Å². The number of amides is 2. The van der Waals surface area contributed by atoms with E-state index in [1.165, 1.54) is 11.8 Å². The van der Waals surface area contributed by atoms with E-state index in [1.54, 1.807) is 29.1 Å². The van der Waals surface area contributed by atoms with Crippen molar-refractivity contribution in [2.45, 2.75) is 11.4 Å². The average Bonchev–Trinajstić information content (AvgIpc) is 2.98. The number of aromatic nitrogens is 1. The van der Waals surface area contributed by atoms with E-state index in [4.69, 9.17) is 17.3 Å². The van der Waals surface area contributed by atoms with Crippen LogP contribution in [-0.4, -0.2) is 28.3 Å². The Morgan fingerprint density at radius 2 is 1.93 bits per heavy atom. The molecule has 0 aliphatic carbocycles. The van der Waals surface area contributed by atoms with Crippen LogP contribution in [0.3, 0.4) is 0 Å². The Kier molecular flexibility index (Phi) is 6.16. The van der Waals surface area contributed by atoms with Crippen LogP contribution >= 0.6 is 23.4 Å². The lowest BCUT2D eigenvalue weighted by molar-refractivity contribution is -0.119. The maximum absolute atomic E-state index is 11.9. The van der Waals surface area contributed by atoms with Gasteiger partial charge in [0.1, 0.15) is 6.54 Å². The molecule has 3 N–H and O–H groups in total. The van der Waals surface area contributed by atoms with E-state index in [0.717, 1.165) is 21.4 Å². The van der Waals surface area contributed by atoms with E-state index in [1.807, 2.05) is 36.4 Å². The highest BCUT2D eigenvalue weighted by Crippen LogP contribution is 2.21. The predicted octanol–water partition coefficient (Wildman–Crippen LogP) is 3.02. The Bertz CT molecular complexity index is 999. The zero-order valence-electron chi connectivity index (χ0n) is 14.3. The summed E-state index contributed by atoms with van der Waals surface area (Å²) >= 11 is 7.23. The van der Waals surface area contributed by atoms with Crippen molar-refractivity contribution in [1.82, 2.24) is 9.99 Å². The van der Waals surface area contributed by atoms with Crippen molar-refractivity contribution in [3.63, 3.8) is 0 Å². The molecule has 0 atom stereocenters. The predicted molar refractivity (Wildman–Crippen MR) is 109 cm³/mol. The molecule has 3 aromatic rings. The van der Waals surface area contributed by atoms with Crippen molar-refractivity contribution in [2.75, 3.05) is 5.75 Å². The third-order valence-corrected chi connectivity index (χ3v) is 4.99. The first kappa shape index (κ1) is 19.0. The van der Waals surface area contributed by atoms with Gasteiger partial charge in [-0.1, -0.05) is 29.8 Å². The number of thioether (sulfide) groups is 1. The van der Waals surface area contributed by atoms with Gasteiger partial charge in [-0.05, 0) is 30.3 Å². The molecule has 0 saturated heterocycles. The normalized spacial score (nSPS) is 11.1. The zero-order chi connectivity index (χ0) is 19.2. The fourth-order valence-corrected chi connectivity index (χ4v) is 3.38. The molecule has 0 saturated carbocycles. The molecule has 2 amide bonds. The molecule has 1 aromatic heterocycles. The Morgan fingerprint density at radius 1 is 1.19 bits per heavy atom. The van der Waals surface area contributed by atoms with Gasteiger partial charge in [0.25, 0.3) is 0 Å². The van der Waals surface area contributed by atoms with Crippen LogP contribution in [0, 0.1) is 0 Å². The van der Waals surface area contributed by atoms with Crippen molar-refractivity contribution < 1.29 is 9.59 Å². The minimum absolute atomic E-state index is 0.0818. The number of hydrogen-bond acceptors (Lipinski definition) is 4. The SMILES string of the molecule is NC(=O)Cn1cc(C=NNC(=O)CSc2ccc(Cl)cc2)c2ccccc21. The number of nitrogens with zero attached hydrogens (tertiary/aromatic N) is 2. The van der Waals surface area contributed by atoms with Gasteiger partial charge in [-0.15, -0.1) is 11.8 Å². The Morgan fingerprint density at radius 3 is 2.67 bits per heavy atom. The summed E-state index contributed by atoms with van der Waals surface area (Å²) in [4.78, 5) is 24.1. The first-order valence-corrected chi connectivity index (χ1v) is 9.46. The molecule has 0 spiro atoms. The van der Waals surface area contributed by atoms with Gasteiger partial charge in [0.2, 0.25) is 11.8 Å². The quantitative estimate of drug-likeness (QED) is 0.363.